The van der Waals surface area contributed by atoms with Gasteiger partial charge in [-0.05, 0) is 0 Å². The lowest BCUT2D eigenvalue weighted by Gasteiger charge is -2.23. The second-order valence-corrected chi connectivity index (χ2v) is 5.57. The van der Waals surface area contributed by atoms with Crippen LogP contribution in [-0.2, 0) is 42.6 Å². The van der Waals surface area contributed by atoms with Gasteiger partial charge in [-0.25, -0.2) is 0 Å². The van der Waals surface area contributed by atoms with Gasteiger partial charge in [-0.15, -0.1) is 0 Å². The van der Waals surface area contributed by atoms with Gasteiger partial charge in [-0.1, -0.05) is 0 Å². The summed E-state index contributed by atoms with van der Waals surface area (Å²) in [4.78, 5) is 0. The summed E-state index contributed by atoms with van der Waals surface area (Å²) in [6.45, 7) is 5.19. The SMILES string of the molecule is COCCOCCOC(OC(OCCOCCOC)C1CO1)C1CO1. The Kier molecular flexibility index (Phi) is 10.8. The summed E-state index contributed by atoms with van der Waals surface area (Å²) in [6.07, 6.45) is -1.12. The second-order valence-electron chi connectivity index (χ2n) is 5.57. The molecule has 2 heterocycles. The molecule has 0 saturated carbocycles. The van der Waals surface area contributed by atoms with Gasteiger partial charge in [-0.2, -0.15) is 0 Å². The highest BCUT2D eigenvalue weighted by molar-refractivity contribution is 4.79. The molecule has 9 heteroatoms. The fraction of sp³-hybridized carbons (Fsp3) is 1.00. The third-order valence-corrected chi connectivity index (χ3v) is 3.48. The van der Waals surface area contributed by atoms with E-state index in [-0.39, 0.29) is 12.2 Å². The molecule has 2 fully saturated rings. The Hall–Kier alpha value is -0.360. The van der Waals surface area contributed by atoms with Crippen molar-refractivity contribution in [3.63, 3.8) is 0 Å². The standard InChI is InChI=1S/C16H30O9/c1-17-3-5-19-7-9-21-15(13-11-23-13)25-16(14-12-24-14)22-10-8-20-6-4-18-2/h13-16H,3-12H2,1-2H3. The van der Waals surface area contributed by atoms with E-state index in [1.54, 1.807) is 14.2 Å². The number of epoxide rings is 2. The van der Waals surface area contributed by atoms with Gasteiger partial charge in [0, 0.05) is 14.2 Å². The summed E-state index contributed by atoms with van der Waals surface area (Å²) < 4.78 is 48.5. The normalized spacial score (nSPS) is 24.2. The van der Waals surface area contributed by atoms with Crippen LogP contribution >= 0.6 is 0 Å². The molecule has 0 aromatic rings. The molecule has 0 radical (unpaired) electrons. The minimum atomic E-state index is -0.491. The monoisotopic (exact) mass is 366 g/mol. The predicted octanol–water partition coefficient (Wildman–Crippen LogP) is -0.188. The Morgan fingerprint density at radius 1 is 0.680 bits per heavy atom. The molecule has 148 valence electrons. The zero-order valence-corrected chi connectivity index (χ0v) is 15.1. The average Bonchev–Trinajstić information content (AvgIpc) is 3.49. The van der Waals surface area contributed by atoms with Crippen molar-refractivity contribution in [1.29, 1.82) is 0 Å². The van der Waals surface area contributed by atoms with Crippen LogP contribution in [0.2, 0.25) is 0 Å². The Labute approximate surface area is 148 Å². The largest absolute Gasteiger partial charge is 0.382 e. The summed E-state index contributed by atoms with van der Waals surface area (Å²) >= 11 is 0. The van der Waals surface area contributed by atoms with Crippen LogP contribution in [0.1, 0.15) is 0 Å². The fourth-order valence-electron chi connectivity index (χ4n) is 1.96. The molecule has 25 heavy (non-hydrogen) atoms. The summed E-state index contributed by atoms with van der Waals surface area (Å²) in [7, 11) is 3.27. The minimum absolute atomic E-state index is 0.0678. The molecule has 0 spiro atoms. The minimum Gasteiger partial charge on any atom is -0.382 e. The van der Waals surface area contributed by atoms with E-state index in [9.17, 15) is 0 Å². The van der Waals surface area contributed by atoms with Crippen molar-refractivity contribution in [1.82, 2.24) is 0 Å². The lowest BCUT2D eigenvalue weighted by Crippen LogP contribution is -2.35. The van der Waals surface area contributed by atoms with Gasteiger partial charge in [0.2, 0.25) is 0 Å². The van der Waals surface area contributed by atoms with Crippen LogP contribution in [0.25, 0.3) is 0 Å². The highest BCUT2D eigenvalue weighted by atomic mass is 16.8. The van der Waals surface area contributed by atoms with Gasteiger partial charge in [-0.3, -0.25) is 0 Å². The first-order valence-electron chi connectivity index (χ1n) is 8.60. The zero-order chi connectivity index (χ0) is 17.7. The molecule has 0 amide bonds. The second kappa shape index (κ2) is 12.9. The van der Waals surface area contributed by atoms with Crippen molar-refractivity contribution in [2.75, 3.05) is 80.3 Å². The van der Waals surface area contributed by atoms with E-state index in [1.807, 2.05) is 0 Å². The molecule has 4 unspecified atom stereocenters. The molecule has 2 saturated heterocycles. The van der Waals surface area contributed by atoms with E-state index < -0.39 is 12.6 Å². The topological polar surface area (TPSA) is 89.7 Å². The zero-order valence-electron chi connectivity index (χ0n) is 15.1. The third kappa shape index (κ3) is 9.78. The molecule has 0 bridgehead atoms. The summed E-state index contributed by atoms with van der Waals surface area (Å²) in [6, 6.07) is 0. The first-order valence-corrected chi connectivity index (χ1v) is 8.60. The molecular weight excluding hydrogens is 336 g/mol. The quantitative estimate of drug-likeness (QED) is 0.186. The van der Waals surface area contributed by atoms with Crippen LogP contribution < -0.4 is 0 Å². The number of rotatable bonds is 18. The fourth-order valence-corrected chi connectivity index (χ4v) is 1.96. The van der Waals surface area contributed by atoms with Crippen LogP contribution in [-0.4, -0.2) is 105 Å². The smallest absolute Gasteiger partial charge is 0.189 e. The van der Waals surface area contributed by atoms with Crippen molar-refractivity contribution in [3.05, 3.63) is 0 Å². The van der Waals surface area contributed by atoms with Crippen molar-refractivity contribution in [3.8, 4) is 0 Å². The molecule has 0 N–H and O–H groups in total. The van der Waals surface area contributed by atoms with Crippen molar-refractivity contribution in [2.45, 2.75) is 24.8 Å². The number of hydrogen-bond donors (Lipinski definition) is 0. The van der Waals surface area contributed by atoms with Gasteiger partial charge in [0.15, 0.2) is 12.6 Å². The molecule has 2 aliphatic rings. The Morgan fingerprint density at radius 3 is 1.44 bits per heavy atom. The highest BCUT2D eigenvalue weighted by Crippen LogP contribution is 2.25. The van der Waals surface area contributed by atoms with E-state index >= 15 is 0 Å². The van der Waals surface area contributed by atoms with Crippen LogP contribution in [0.5, 0.6) is 0 Å². The summed E-state index contributed by atoms with van der Waals surface area (Å²) in [5.74, 6) is 0. The van der Waals surface area contributed by atoms with Gasteiger partial charge in [0.1, 0.15) is 12.2 Å². The average molecular weight is 366 g/mol. The van der Waals surface area contributed by atoms with Crippen molar-refractivity contribution in [2.24, 2.45) is 0 Å². The lowest BCUT2D eigenvalue weighted by atomic mass is 10.4. The first kappa shape index (κ1) is 20.9. The Balaban J connectivity index is 1.59. The molecule has 0 aromatic heterocycles. The van der Waals surface area contributed by atoms with Crippen LogP contribution in [0, 0.1) is 0 Å². The van der Waals surface area contributed by atoms with Crippen molar-refractivity contribution >= 4 is 0 Å². The van der Waals surface area contributed by atoms with Gasteiger partial charge >= 0.3 is 0 Å². The first-order chi connectivity index (χ1) is 12.3. The maximum absolute atomic E-state index is 5.90. The van der Waals surface area contributed by atoms with Gasteiger partial charge < -0.3 is 42.6 Å². The maximum Gasteiger partial charge on any atom is 0.189 e. The Bertz CT molecular complexity index is 293. The molecule has 2 aliphatic heterocycles. The van der Waals surface area contributed by atoms with E-state index in [2.05, 4.69) is 0 Å². The summed E-state index contributed by atoms with van der Waals surface area (Å²) in [5.41, 5.74) is 0. The molecule has 0 aliphatic carbocycles. The molecule has 0 aromatic carbocycles. The van der Waals surface area contributed by atoms with Crippen LogP contribution in [0.15, 0.2) is 0 Å². The maximum atomic E-state index is 5.90. The summed E-state index contributed by atoms with van der Waals surface area (Å²) in [5, 5.41) is 0. The van der Waals surface area contributed by atoms with E-state index in [0.717, 1.165) is 0 Å². The molecular formula is C16H30O9. The highest BCUT2D eigenvalue weighted by Gasteiger charge is 2.42. The molecule has 9 nitrogen and oxygen atoms in total. The Morgan fingerprint density at radius 2 is 1.08 bits per heavy atom. The van der Waals surface area contributed by atoms with Crippen molar-refractivity contribution < 1.29 is 42.6 Å². The van der Waals surface area contributed by atoms with Crippen LogP contribution in [0.3, 0.4) is 0 Å². The van der Waals surface area contributed by atoms with Gasteiger partial charge in [0.05, 0.1) is 66.1 Å². The molecule has 2 rings (SSSR count). The number of methoxy groups -OCH3 is 2. The predicted molar refractivity (Wildman–Crippen MR) is 85.4 cm³/mol. The third-order valence-electron chi connectivity index (χ3n) is 3.48. The number of hydrogen-bond acceptors (Lipinski definition) is 9. The van der Waals surface area contributed by atoms with E-state index in [1.165, 1.54) is 0 Å². The van der Waals surface area contributed by atoms with E-state index in [4.69, 9.17) is 42.6 Å². The van der Waals surface area contributed by atoms with Crippen LogP contribution in [0.4, 0.5) is 0 Å². The van der Waals surface area contributed by atoms with E-state index in [0.29, 0.717) is 66.1 Å². The molecule has 4 atom stereocenters. The lowest BCUT2D eigenvalue weighted by molar-refractivity contribution is -0.260. The van der Waals surface area contributed by atoms with Gasteiger partial charge in [0.25, 0.3) is 0 Å². The number of ether oxygens (including phenoxy) is 9.